The molecule has 64 heavy (non-hydrogen) atoms. The Hall–Kier alpha value is -5.27. The zero-order valence-corrected chi connectivity index (χ0v) is 38.3. The zero-order chi connectivity index (χ0) is 44.9. The Morgan fingerprint density at radius 3 is 1.92 bits per heavy atom. The number of ether oxygens (including phenoxy) is 4. The smallest absolute Gasteiger partial charge is 0.407 e. The lowest BCUT2D eigenvalue weighted by atomic mass is 9.63. The van der Waals surface area contributed by atoms with Crippen LogP contribution in [-0.2, 0) is 28.5 Å². The lowest BCUT2D eigenvalue weighted by Gasteiger charge is -2.41. The molecule has 4 fully saturated rings. The summed E-state index contributed by atoms with van der Waals surface area (Å²) < 4.78 is 22.4. The molecule has 5 heterocycles. The number of carbonyl (C=O) groups excluding carboxylic acids is 3. The first-order valence-electron chi connectivity index (χ1n) is 23.4. The van der Waals surface area contributed by atoms with E-state index in [9.17, 15) is 14.4 Å². The Morgan fingerprint density at radius 1 is 0.719 bits per heavy atom. The van der Waals surface area contributed by atoms with Crippen molar-refractivity contribution in [2.45, 2.75) is 127 Å². The topological polar surface area (TPSA) is 143 Å². The molecule has 2 N–H and O–H groups in total. The van der Waals surface area contributed by atoms with Gasteiger partial charge < -0.3 is 39.4 Å². The molecule has 5 aliphatic heterocycles. The van der Waals surface area contributed by atoms with Crippen LogP contribution >= 0.6 is 0 Å². The van der Waals surface area contributed by atoms with Crippen LogP contribution in [0.3, 0.4) is 0 Å². The van der Waals surface area contributed by atoms with Crippen LogP contribution in [0, 0.1) is 11.8 Å². The van der Waals surface area contributed by atoms with Gasteiger partial charge in [0.05, 0.1) is 46.1 Å². The molecule has 0 radical (unpaired) electrons. The quantitative estimate of drug-likeness (QED) is 0.193. The molecule has 13 heteroatoms. The third-order valence-corrected chi connectivity index (χ3v) is 14.8. The maximum Gasteiger partial charge on any atom is 0.407 e. The molecule has 10 rings (SSSR count). The van der Waals surface area contributed by atoms with E-state index in [4.69, 9.17) is 28.9 Å². The number of rotatable bonds is 13. The van der Waals surface area contributed by atoms with Gasteiger partial charge in [0.2, 0.25) is 11.8 Å². The summed E-state index contributed by atoms with van der Waals surface area (Å²) in [7, 11) is 2.86. The van der Waals surface area contributed by atoms with E-state index in [2.05, 4.69) is 53.6 Å². The van der Waals surface area contributed by atoms with E-state index in [-0.39, 0.29) is 35.7 Å². The molecular weight excluding hydrogens is 809 g/mol. The summed E-state index contributed by atoms with van der Waals surface area (Å²) in [5.74, 6) is 0.357. The van der Waals surface area contributed by atoms with Gasteiger partial charge in [-0.1, -0.05) is 64.1 Å². The van der Waals surface area contributed by atoms with Crippen LogP contribution in [0.5, 0.6) is 0 Å². The van der Waals surface area contributed by atoms with E-state index in [0.717, 1.165) is 41.8 Å². The van der Waals surface area contributed by atoms with Gasteiger partial charge in [0, 0.05) is 49.6 Å². The van der Waals surface area contributed by atoms with E-state index in [0.29, 0.717) is 56.9 Å². The van der Waals surface area contributed by atoms with Crippen LogP contribution in [-0.4, -0.2) is 110 Å². The highest BCUT2D eigenvalue weighted by Crippen LogP contribution is 2.55. The van der Waals surface area contributed by atoms with E-state index in [1.807, 2.05) is 49.9 Å². The van der Waals surface area contributed by atoms with Crippen LogP contribution in [0.25, 0.3) is 22.3 Å². The van der Waals surface area contributed by atoms with Gasteiger partial charge in [-0.05, 0) is 113 Å². The van der Waals surface area contributed by atoms with Gasteiger partial charge in [-0.15, -0.1) is 0 Å². The normalized spacial score (nSPS) is 25.2. The second kappa shape index (κ2) is 18.0. The molecule has 2 bridgehead atoms. The molecule has 3 saturated heterocycles. The third kappa shape index (κ3) is 8.18. The van der Waals surface area contributed by atoms with Crippen molar-refractivity contribution in [2.75, 3.05) is 40.5 Å². The molecule has 340 valence electrons. The molecule has 1 saturated carbocycles. The minimum atomic E-state index is -0.828. The van der Waals surface area contributed by atoms with Crippen molar-refractivity contribution in [1.29, 1.82) is 0 Å². The maximum atomic E-state index is 14.2. The summed E-state index contributed by atoms with van der Waals surface area (Å²) >= 11 is 0. The molecule has 0 unspecified atom stereocenters. The first-order valence-corrected chi connectivity index (χ1v) is 23.4. The number of methoxy groups -OCH3 is 2. The number of hydrogen-bond acceptors (Lipinski definition) is 10. The summed E-state index contributed by atoms with van der Waals surface area (Å²) in [4.78, 5) is 54.0. The van der Waals surface area contributed by atoms with Crippen LogP contribution in [0.1, 0.15) is 120 Å². The molecule has 1 spiro atoms. The van der Waals surface area contributed by atoms with E-state index >= 15 is 0 Å². The fraction of sp³-hybridized carbons (Fsp3) is 0.549. The molecule has 0 aromatic heterocycles. The summed E-state index contributed by atoms with van der Waals surface area (Å²) in [6.07, 6.45) is 11.9. The lowest BCUT2D eigenvalue weighted by Crippen LogP contribution is -2.53. The zero-order valence-electron chi connectivity index (χ0n) is 38.3. The molecule has 2 aromatic carbocycles. The Balaban J connectivity index is 0.912. The number of nitrogens with zero attached hydrogens (tertiary/aromatic N) is 4. The lowest BCUT2D eigenvalue weighted by molar-refractivity contribution is -0.153. The predicted octanol–water partition coefficient (Wildman–Crippen LogP) is 7.93. The highest BCUT2D eigenvalue weighted by molar-refractivity contribution is 6.05. The minimum Gasteiger partial charge on any atom is -0.483 e. The van der Waals surface area contributed by atoms with Gasteiger partial charge in [-0.3, -0.25) is 19.6 Å². The van der Waals surface area contributed by atoms with Crippen molar-refractivity contribution in [3.8, 4) is 11.1 Å². The predicted molar refractivity (Wildman–Crippen MR) is 247 cm³/mol. The van der Waals surface area contributed by atoms with Crippen LogP contribution < -0.4 is 10.6 Å². The van der Waals surface area contributed by atoms with Gasteiger partial charge in [0.1, 0.15) is 12.1 Å². The summed E-state index contributed by atoms with van der Waals surface area (Å²) in [6.45, 7) is 13.8. The first kappa shape index (κ1) is 44.0. The number of hydrogen-bond donors (Lipinski definition) is 2. The number of alkyl carbamates (subject to hydrolysis) is 1. The Kier molecular flexibility index (Phi) is 12.3. The van der Waals surface area contributed by atoms with Crippen molar-refractivity contribution in [2.24, 2.45) is 21.8 Å². The fourth-order valence-corrected chi connectivity index (χ4v) is 11.5. The van der Waals surface area contributed by atoms with E-state index in [1.54, 1.807) is 7.11 Å². The van der Waals surface area contributed by atoms with Gasteiger partial charge >= 0.3 is 6.09 Å². The number of allylic oxidation sites excluding steroid dienone is 2. The van der Waals surface area contributed by atoms with Gasteiger partial charge in [-0.2, -0.15) is 0 Å². The number of fused-ring (bicyclic) bond motifs is 2. The van der Waals surface area contributed by atoms with Crippen molar-refractivity contribution in [3.63, 3.8) is 0 Å². The van der Waals surface area contributed by atoms with E-state index < -0.39 is 24.0 Å². The third-order valence-electron chi connectivity index (χ3n) is 14.8. The molecule has 3 aliphatic carbocycles. The molecular formula is C51H64N6O7. The Labute approximate surface area is 377 Å². The van der Waals surface area contributed by atoms with Crippen LogP contribution in [0.2, 0.25) is 0 Å². The Morgan fingerprint density at radius 2 is 1.28 bits per heavy atom. The van der Waals surface area contributed by atoms with Crippen molar-refractivity contribution < 1.29 is 33.3 Å². The molecule has 3 amide bonds. The molecule has 8 aliphatic rings. The highest BCUT2D eigenvalue weighted by atomic mass is 16.7. The highest BCUT2D eigenvalue weighted by Gasteiger charge is 2.53. The maximum absolute atomic E-state index is 14.2. The van der Waals surface area contributed by atoms with Crippen molar-refractivity contribution in [3.05, 3.63) is 83.5 Å². The number of benzene rings is 2. The van der Waals surface area contributed by atoms with Crippen LogP contribution in [0.15, 0.2) is 71.2 Å². The average Bonchev–Trinajstić information content (AvgIpc) is 4.18. The minimum absolute atomic E-state index is 0.00661. The SMILES string of the molecule is C=C(N[C@H](C(=O)N1CC2(C[C@H]1C1=NC=C(c3ccc(-c4ccc(C5=CN=C([C@@H]6CCCN6C(=O)[C@@H](NC(=O)OC)C(C)C)C5)c5c4C4CCC5CC4)cc3)C1)OCCO2)C(C)C)OC. The van der Waals surface area contributed by atoms with E-state index in [1.165, 1.54) is 66.2 Å². The number of carbonyl (C=O) groups is 3. The summed E-state index contributed by atoms with van der Waals surface area (Å²) in [6, 6.07) is 12.1. The fourth-order valence-electron chi connectivity index (χ4n) is 11.5. The second-order valence-electron chi connectivity index (χ2n) is 19.4. The average molecular weight is 873 g/mol. The van der Waals surface area contributed by atoms with Gasteiger partial charge in [0.25, 0.3) is 0 Å². The van der Waals surface area contributed by atoms with Gasteiger partial charge in [0.15, 0.2) is 11.7 Å². The van der Waals surface area contributed by atoms with Crippen molar-refractivity contribution >= 4 is 40.5 Å². The summed E-state index contributed by atoms with van der Waals surface area (Å²) in [5, 5.41) is 5.96. The number of likely N-dealkylation sites (tertiary alicyclic amines) is 2. The standard InChI is InChI=1S/C51H64N6O7/c1-29(2)46(54-31(5)61-6)49(59)57-28-51(63-21-22-64-51)25-43(57)41-23-36(26-52-41)32-10-12-33(13-11-32)38-18-19-39(45-35-16-14-34(15-17-35)44(38)45)37-24-40(53-27-37)42-9-8-20-56(42)48(58)47(30(3)4)55-50(60)62-7/h10-13,18-19,26-27,29-30,34-35,42-43,46-47,54H,5,8-9,14-17,20-25,28H2,1-4,6-7H3,(H,55,60)/t34?,35?,42-,43-,46-,47-/m0/s1. The molecule has 13 nitrogen and oxygen atoms in total. The van der Waals surface area contributed by atoms with Crippen LogP contribution in [0.4, 0.5) is 4.79 Å². The Bertz CT molecular complexity index is 2300. The first-order chi connectivity index (χ1) is 30.9. The van der Waals surface area contributed by atoms with Crippen molar-refractivity contribution in [1.82, 2.24) is 20.4 Å². The number of amides is 3. The van der Waals surface area contributed by atoms with Gasteiger partial charge in [-0.25, -0.2) is 4.79 Å². The number of aliphatic imine (C=N–C) groups is 2. The number of nitrogens with one attached hydrogen (secondary N) is 2. The molecule has 4 atom stereocenters. The second-order valence-corrected chi connectivity index (χ2v) is 19.4. The summed E-state index contributed by atoms with van der Waals surface area (Å²) in [5.41, 5.74) is 12.3. The molecule has 2 aromatic rings. The largest absolute Gasteiger partial charge is 0.483 e. The monoisotopic (exact) mass is 872 g/mol.